The second kappa shape index (κ2) is 5.93. The van der Waals surface area contributed by atoms with Crippen molar-refractivity contribution in [1.82, 2.24) is 9.97 Å². The van der Waals surface area contributed by atoms with Crippen molar-refractivity contribution < 1.29 is 0 Å². The summed E-state index contributed by atoms with van der Waals surface area (Å²) in [6, 6.07) is 8.00. The highest BCUT2D eigenvalue weighted by molar-refractivity contribution is 7.98. The fraction of sp³-hybridized carbons (Fsp3) is 0.167. The van der Waals surface area contributed by atoms with E-state index in [0.29, 0.717) is 16.8 Å². The Morgan fingerprint density at radius 3 is 2.78 bits per heavy atom. The van der Waals surface area contributed by atoms with Crippen molar-refractivity contribution in [1.29, 1.82) is 0 Å². The van der Waals surface area contributed by atoms with Crippen molar-refractivity contribution in [3.05, 3.63) is 35.5 Å². The van der Waals surface area contributed by atoms with E-state index in [1.807, 2.05) is 30.5 Å². The zero-order valence-electron chi connectivity index (χ0n) is 10.1. The molecule has 0 fully saturated rings. The number of benzene rings is 1. The molecule has 0 saturated carbocycles. The average molecular weight is 281 g/mol. The SMILES string of the molecule is CNc1ncc(Cl)c(Nc2ccccc2SC)n1. The molecule has 0 radical (unpaired) electrons. The quantitative estimate of drug-likeness (QED) is 0.838. The number of hydrogen-bond donors (Lipinski definition) is 2. The second-order valence-electron chi connectivity index (χ2n) is 3.47. The van der Waals surface area contributed by atoms with E-state index in [0.717, 1.165) is 10.6 Å². The average Bonchev–Trinajstić information content (AvgIpc) is 2.42. The molecule has 0 amide bonds. The molecular formula is C12H13ClN4S. The highest BCUT2D eigenvalue weighted by atomic mass is 35.5. The third-order valence-electron chi connectivity index (χ3n) is 2.33. The fourth-order valence-electron chi connectivity index (χ4n) is 1.45. The Hall–Kier alpha value is -1.46. The van der Waals surface area contributed by atoms with Gasteiger partial charge in [0.15, 0.2) is 5.82 Å². The molecule has 2 rings (SSSR count). The molecule has 1 aromatic carbocycles. The van der Waals surface area contributed by atoms with Gasteiger partial charge in [0.05, 0.1) is 11.9 Å². The normalized spacial score (nSPS) is 10.2. The summed E-state index contributed by atoms with van der Waals surface area (Å²) < 4.78 is 0. The smallest absolute Gasteiger partial charge is 0.224 e. The maximum atomic E-state index is 6.08. The van der Waals surface area contributed by atoms with Gasteiger partial charge in [-0.05, 0) is 18.4 Å². The lowest BCUT2D eigenvalue weighted by Gasteiger charge is -2.11. The standard InChI is InChI=1S/C12H13ClN4S/c1-14-12-15-7-8(13)11(17-12)16-9-5-3-4-6-10(9)18-2/h3-7H,1-2H3,(H2,14,15,16,17). The van der Waals surface area contributed by atoms with Crippen LogP contribution in [0.15, 0.2) is 35.4 Å². The molecule has 18 heavy (non-hydrogen) atoms. The van der Waals surface area contributed by atoms with Crippen LogP contribution in [0.25, 0.3) is 0 Å². The van der Waals surface area contributed by atoms with E-state index < -0.39 is 0 Å². The predicted molar refractivity (Wildman–Crippen MR) is 78.1 cm³/mol. The number of hydrogen-bond acceptors (Lipinski definition) is 5. The van der Waals surface area contributed by atoms with Gasteiger partial charge < -0.3 is 10.6 Å². The monoisotopic (exact) mass is 280 g/mol. The van der Waals surface area contributed by atoms with Gasteiger partial charge in [-0.15, -0.1) is 11.8 Å². The molecule has 0 spiro atoms. The van der Waals surface area contributed by atoms with E-state index >= 15 is 0 Å². The first kappa shape index (κ1) is 13.0. The van der Waals surface area contributed by atoms with Gasteiger partial charge in [0.25, 0.3) is 0 Å². The van der Waals surface area contributed by atoms with E-state index in [9.17, 15) is 0 Å². The predicted octanol–water partition coefficient (Wildman–Crippen LogP) is 3.64. The molecule has 0 bridgehead atoms. The summed E-state index contributed by atoms with van der Waals surface area (Å²) in [5, 5.41) is 6.60. The van der Waals surface area contributed by atoms with Gasteiger partial charge >= 0.3 is 0 Å². The fourth-order valence-corrected chi connectivity index (χ4v) is 2.14. The third kappa shape index (κ3) is 2.86. The number of thioether (sulfide) groups is 1. The Morgan fingerprint density at radius 1 is 1.28 bits per heavy atom. The zero-order chi connectivity index (χ0) is 13.0. The highest BCUT2D eigenvalue weighted by Gasteiger charge is 2.07. The first-order chi connectivity index (χ1) is 8.74. The maximum Gasteiger partial charge on any atom is 0.224 e. The van der Waals surface area contributed by atoms with Crippen LogP contribution in [0.3, 0.4) is 0 Å². The van der Waals surface area contributed by atoms with Crippen LogP contribution in [-0.2, 0) is 0 Å². The van der Waals surface area contributed by atoms with Crippen molar-refractivity contribution >= 4 is 40.8 Å². The molecule has 0 aliphatic carbocycles. The molecule has 2 aromatic rings. The van der Waals surface area contributed by atoms with E-state index in [2.05, 4.69) is 20.6 Å². The lowest BCUT2D eigenvalue weighted by atomic mass is 10.3. The van der Waals surface area contributed by atoms with Crippen molar-refractivity contribution in [3.63, 3.8) is 0 Å². The van der Waals surface area contributed by atoms with Gasteiger partial charge in [0, 0.05) is 11.9 Å². The Morgan fingerprint density at radius 2 is 2.06 bits per heavy atom. The van der Waals surface area contributed by atoms with E-state index in [-0.39, 0.29) is 0 Å². The topological polar surface area (TPSA) is 49.8 Å². The minimum atomic E-state index is 0.491. The Kier molecular flexibility index (Phi) is 4.28. The summed E-state index contributed by atoms with van der Waals surface area (Å²) in [5.41, 5.74) is 0.979. The molecular weight excluding hydrogens is 268 g/mol. The summed E-state index contributed by atoms with van der Waals surface area (Å²) in [7, 11) is 1.77. The molecule has 1 aromatic heterocycles. The van der Waals surface area contributed by atoms with Crippen molar-refractivity contribution in [2.24, 2.45) is 0 Å². The van der Waals surface area contributed by atoms with Gasteiger partial charge in [0.1, 0.15) is 5.02 Å². The minimum absolute atomic E-state index is 0.491. The number of anilines is 3. The van der Waals surface area contributed by atoms with Crippen LogP contribution in [0.4, 0.5) is 17.5 Å². The van der Waals surface area contributed by atoms with Crippen LogP contribution in [-0.4, -0.2) is 23.3 Å². The van der Waals surface area contributed by atoms with Crippen LogP contribution >= 0.6 is 23.4 Å². The van der Waals surface area contributed by atoms with E-state index in [4.69, 9.17) is 11.6 Å². The number of nitrogens with zero attached hydrogens (tertiary/aromatic N) is 2. The van der Waals surface area contributed by atoms with Crippen molar-refractivity contribution in [2.75, 3.05) is 23.9 Å². The van der Waals surface area contributed by atoms with Gasteiger partial charge in [0.2, 0.25) is 5.95 Å². The maximum absolute atomic E-state index is 6.08. The van der Waals surface area contributed by atoms with Crippen LogP contribution in [0.1, 0.15) is 0 Å². The Balaban J connectivity index is 2.33. The van der Waals surface area contributed by atoms with Gasteiger partial charge in [-0.2, -0.15) is 4.98 Å². The molecule has 94 valence electrons. The number of aromatic nitrogens is 2. The van der Waals surface area contributed by atoms with Crippen molar-refractivity contribution in [3.8, 4) is 0 Å². The van der Waals surface area contributed by atoms with Crippen LogP contribution < -0.4 is 10.6 Å². The third-order valence-corrected chi connectivity index (χ3v) is 3.40. The Labute approximate surface area is 115 Å². The number of para-hydroxylation sites is 1. The van der Waals surface area contributed by atoms with E-state index in [1.54, 1.807) is 25.0 Å². The number of rotatable bonds is 4. The molecule has 0 aliphatic heterocycles. The van der Waals surface area contributed by atoms with E-state index in [1.165, 1.54) is 0 Å². The zero-order valence-corrected chi connectivity index (χ0v) is 11.6. The summed E-state index contributed by atoms with van der Waals surface area (Å²) in [5.74, 6) is 1.13. The first-order valence-electron chi connectivity index (χ1n) is 5.35. The number of halogens is 1. The molecule has 2 N–H and O–H groups in total. The Bertz CT molecular complexity index is 547. The molecule has 0 unspecified atom stereocenters. The summed E-state index contributed by atoms with van der Waals surface area (Å²) in [4.78, 5) is 9.47. The molecule has 4 nitrogen and oxygen atoms in total. The van der Waals surface area contributed by atoms with Gasteiger partial charge in [-0.25, -0.2) is 4.98 Å². The lowest BCUT2D eigenvalue weighted by Crippen LogP contribution is -2.01. The summed E-state index contributed by atoms with van der Waals surface area (Å²) >= 11 is 7.74. The van der Waals surface area contributed by atoms with Gasteiger partial charge in [-0.1, -0.05) is 23.7 Å². The molecule has 0 atom stereocenters. The second-order valence-corrected chi connectivity index (χ2v) is 4.72. The molecule has 6 heteroatoms. The highest BCUT2D eigenvalue weighted by Crippen LogP contribution is 2.29. The number of nitrogens with one attached hydrogen (secondary N) is 2. The molecule has 0 saturated heterocycles. The first-order valence-corrected chi connectivity index (χ1v) is 6.95. The van der Waals surface area contributed by atoms with Crippen LogP contribution in [0, 0.1) is 0 Å². The molecule has 0 aliphatic rings. The van der Waals surface area contributed by atoms with Gasteiger partial charge in [-0.3, -0.25) is 0 Å². The summed E-state index contributed by atoms with van der Waals surface area (Å²) in [6.45, 7) is 0. The summed E-state index contributed by atoms with van der Waals surface area (Å²) in [6.07, 6.45) is 3.60. The largest absolute Gasteiger partial charge is 0.357 e. The van der Waals surface area contributed by atoms with Crippen LogP contribution in [0.2, 0.25) is 5.02 Å². The lowest BCUT2D eigenvalue weighted by molar-refractivity contribution is 1.15. The van der Waals surface area contributed by atoms with Crippen molar-refractivity contribution in [2.45, 2.75) is 4.90 Å². The van der Waals surface area contributed by atoms with Crippen LogP contribution in [0.5, 0.6) is 0 Å². The molecule has 1 heterocycles. The minimum Gasteiger partial charge on any atom is -0.357 e.